The molecule has 0 radical (unpaired) electrons. The average molecular weight is 260 g/mol. The maximum absolute atomic E-state index is 4.48. The fourth-order valence-corrected chi connectivity index (χ4v) is 3.03. The molecule has 2 nitrogen and oxygen atoms in total. The number of aryl methyl sites for hydroxylation is 2. The van der Waals surface area contributed by atoms with Crippen molar-refractivity contribution in [1.29, 1.82) is 0 Å². The van der Waals surface area contributed by atoms with E-state index in [2.05, 4.69) is 42.3 Å². The summed E-state index contributed by atoms with van der Waals surface area (Å²) in [6.45, 7) is 4.31. The minimum Gasteiger partial charge on any atom is -0.311 e. The van der Waals surface area contributed by atoms with Crippen LogP contribution in [0.3, 0.4) is 0 Å². The van der Waals surface area contributed by atoms with E-state index < -0.39 is 0 Å². The van der Waals surface area contributed by atoms with E-state index in [1.165, 1.54) is 15.3 Å². The second-order valence-corrected chi connectivity index (χ2v) is 5.78. The van der Waals surface area contributed by atoms with Gasteiger partial charge < -0.3 is 5.32 Å². The van der Waals surface area contributed by atoms with Gasteiger partial charge >= 0.3 is 0 Å². The van der Waals surface area contributed by atoms with Crippen LogP contribution in [0.4, 0.5) is 0 Å². The Bertz CT molecular complexity index is 505. The van der Waals surface area contributed by atoms with Crippen LogP contribution in [0.2, 0.25) is 0 Å². The number of nitrogens with one attached hydrogen (secondary N) is 1. The Balaban J connectivity index is 2.14. The lowest BCUT2D eigenvalue weighted by molar-refractivity contribution is 0.579. The van der Waals surface area contributed by atoms with Gasteiger partial charge in [0.1, 0.15) is 0 Å². The summed E-state index contributed by atoms with van der Waals surface area (Å²) in [6, 6.07) is 8.97. The molecule has 0 bridgehead atoms. The van der Waals surface area contributed by atoms with Gasteiger partial charge in [0.05, 0.1) is 11.7 Å². The minimum atomic E-state index is 0.299. The quantitative estimate of drug-likeness (QED) is 0.889. The van der Waals surface area contributed by atoms with Crippen LogP contribution in [0.1, 0.15) is 34.0 Å². The SMILES string of the molecule is CCc1ccc(CC(NC)c2cc(C)ccn2)s1. The monoisotopic (exact) mass is 260 g/mol. The van der Waals surface area contributed by atoms with Gasteiger partial charge in [0.15, 0.2) is 0 Å². The second-order valence-electron chi connectivity index (χ2n) is 4.53. The van der Waals surface area contributed by atoms with Crippen molar-refractivity contribution < 1.29 is 0 Å². The van der Waals surface area contributed by atoms with E-state index in [-0.39, 0.29) is 0 Å². The Kier molecular flexibility index (Phi) is 4.50. The van der Waals surface area contributed by atoms with E-state index in [1.807, 2.05) is 30.6 Å². The molecule has 2 aromatic rings. The molecular formula is C15H20N2S. The van der Waals surface area contributed by atoms with Crippen molar-refractivity contribution in [2.24, 2.45) is 0 Å². The summed E-state index contributed by atoms with van der Waals surface area (Å²) >= 11 is 1.91. The average Bonchev–Trinajstić information content (AvgIpc) is 2.83. The fraction of sp³-hybridized carbons (Fsp3) is 0.400. The molecule has 2 heterocycles. The van der Waals surface area contributed by atoms with Crippen LogP contribution >= 0.6 is 11.3 Å². The number of pyridine rings is 1. The molecule has 0 saturated carbocycles. The molecule has 96 valence electrons. The van der Waals surface area contributed by atoms with Crippen LogP contribution in [0, 0.1) is 6.92 Å². The van der Waals surface area contributed by atoms with Gasteiger partial charge in [-0.2, -0.15) is 0 Å². The summed E-state index contributed by atoms with van der Waals surface area (Å²) in [5, 5.41) is 3.37. The van der Waals surface area contributed by atoms with Crippen LogP contribution < -0.4 is 5.32 Å². The van der Waals surface area contributed by atoms with Crippen LogP contribution in [0.15, 0.2) is 30.5 Å². The molecule has 0 spiro atoms. The van der Waals surface area contributed by atoms with Crippen LogP contribution in [0.5, 0.6) is 0 Å². The third kappa shape index (κ3) is 3.18. The Labute approximate surface area is 113 Å². The molecule has 0 aromatic carbocycles. The summed E-state index contributed by atoms with van der Waals surface area (Å²) in [4.78, 5) is 7.36. The predicted octanol–water partition coefficient (Wildman–Crippen LogP) is 3.52. The molecule has 0 fully saturated rings. The highest BCUT2D eigenvalue weighted by molar-refractivity contribution is 7.11. The molecule has 1 atom stereocenters. The minimum absolute atomic E-state index is 0.299. The molecule has 2 aromatic heterocycles. The van der Waals surface area contributed by atoms with Crippen molar-refractivity contribution in [2.75, 3.05) is 7.05 Å². The van der Waals surface area contributed by atoms with E-state index in [1.54, 1.807) is 0 Å². The molecule has 1 unspecified atom stereocenters. The third-order valence-corrected chi connectivity index (χ3v) is 4.37. The molecule has 3 heteroatoms. The molecule has 1 N–H and O–H groups in total. The van der Waals surface area contributed by atoms with Gasteiger partial charge in [-0.15, -0.1) is 11.3 Å². The number of rotatable bonds is 5. The number of nitrogens with zero attached hydrogens (tertiary/aromatic N) is 1. The molecular weight excluding hydrogens is 240 g/mol. The highest BCUT2D eigenvalue weighted by Gasteiger charge is 2.12. The lowest BCUT2D eigenvalue weighted by Gasteiger charge is -2.15. The molecule has 18 heavy (non-hydrogen) atoms. The van der Waals surface area contributed by atoms with E-state index in [4.69, 9.17) is 0 Å². The molecule has 0 aliphatic rings. The maximum atomic E-state index is 4.48. The van der Waals surface area contributed by atoms with Gasteiger partial charge in [0, 0.05) is 22.4 Å². The van der Waals surface area contributed by atoms with Gasteiger partial charge in [-0.05, 0) is 50.2 Å². The van der Waals surface area contributed by atoms with Crippen molar-refractivity contribution in [3.05, 3.63) is 51.5 Å². The fourth-order valence-electron chi connectivity index (χ4n) is 2.03. The number of aromatic nitrogens is 1. The Morgan fingerprint density at radius 1 is 1.28 bits per heavy atom. The first kappa shape index (κ1) is 13.2. The number of hydrogen-bond donors (Lipinski definition) is 1. The predicted molar refractivity (Wildman–Crippen MR) is 78.2 cm³/mol. The van der Waals surface area contributed by atoms with Gasteiger partial charge in [0.25, 0.3) is 0 Å². The summed E-state index contributed by atoms with van der Waals surface area (Å²) in [6.07, 6.45) is 4.02. The highest BCUT2D eigenvalue weighted by atomic mass is 32.1. The van der Waals surface area contributed by atoms with Crippen molar-refractivity contribution in [3.8, 4) is 0 Å². The summed E-state index contributed by atoms with van der Waals surface area (Å²) < 4.78 is 0. The summed E-state index contributed by atoms with van der Waals surface area (Å²) in [7, 11) is 2.00. The standard InChI is InChI=1S/C15H20N2S/c1-4-12-5-6-13(18-12)10-14(16-3)15-9-11(2)7-8-17-15/h5-9,14,16H,4,10H2,1-3H3. The van der Waals surface area contributed by atoms with Crippen molar-refractivity contribution in [1.82, 2.24) is 10.3 Å². The zero-order chi connectivity index (χ0) is 13.0. The van der Waals surface area contributed by atoms with Gasteiger partial charge in [-0.25, -0.2) is 0 Å². The molecule has 2 rings (SSSR count). The van der Waals surface area contributed by atoms with Crippen LogP contribution in [-0.2, 0) is 12.8 Å². The lowest BCUT2D eigenvalue weighted by atomic mass is 10.1. The van der Waals surface area contributed by atoms with E-state index in [9.17, 15) is 0 Å². The topological polar surface area (TPSA) is 24.9 Å². The molecule has 0 saturated heterocycles. The highest BCUT2D eigenvalue weighted by Crippen LogP contribution is 2.23. The third-order valence-electron chi connectivity index (χ3n) is 3.11. The van der Waals surface area contributed by atoms with Crippen molar-refractivity contribution in [2.45, 2.75) is 32.7 Å². The first-order valence-corrected chi connectivity index (χ1v) is 7.22. The van der Waals surface area contributed by atoms with Crippen LogP contribution in [0.25, 0.3) is 0 Å². The first-order chi connectivity index (χ1) is 8.72. The second kappa shape index (κ2) is 6.12. The largest absolute Gasteiger partial charge is 0.311 e. The smallest absolute Gasteiger partial charge is 0.0579 e. The number of hydrogen-bond acceptors (Lipinski definition) is 3. The normalized spacial score (nSPS) is 12.6. The van der Waals surface area contributed by atoms with Gasteiger partial charge in [-0.3, -0.25) is 4.98 Å². The number of thiophene rings is 1. The van der Waals surface area contributed by atoms with Gasteiger partial charge in [0.2, 0.25) is 0 Å². The Hall–Kier alpha value is -1.19. The zero-order valence-electron chi connectivity index (χ0n) is 11.2. The summed E-state index contributed by atoms with van der Waals surface area (Å²) in [5.74, 6) is 0. The lowest BCUT2D eigenvalue weighted by Crippen LogP contribution is -2.19. The van der Waals surface area contributed by atoms with Crippen LogP contribution in [-0.4, -0.2) is 12.0 Å². The molecule has 0 amide bonds. The van der Waals surface area contributed by atoms with Crippen molar-refractivity contribution in [3.63, 3.8) is 0 Å². The van der Waals surface area contributed by atoms with E-state index >= 15 is 0 Å². The zero-order valence-corrected chi connectivity index (χ0v) is 12.1. The van der Waals surface area contributed by atoms with Crippen molar-refractivity contribution >= 4 is 11.3 Å². The summed E-state index contributed by atoms with van der Waals surface area (Å²) in [5.41, 5.74) is 2.39. The Morgan fingerprint density at radius 2 is 2.06 bits per heavy atom. The van der Waals surface area contributed by atoms with E-state index in [0.29, 0.717) is 6.04 Å². The molecule has 0 aliphatic carbocycles. The molecule has 0 aliphatic heterocycles. The first-order valence-electron chi connectivity index (χ1n) is 6.40. The van der Waals surface area contributed by atoms with Gasteiger partial charge in [-0.1, -0.05) is 6.92 Å². The Morgan fingerprint density at radius 3 is 2.67 bits per heavy atom. The maximum Gasteiger partial charge on any atom is 0.0579 e. The van der Waals surface area contributed by atoms with E-state index in [0.717, 1.165) is 18.5 Å². The number of likely N-dealkylation sites (N-methyl/N-ethyl adjacent to an activating group) is 1.